The molecule has 7 heteroatoms. The highest BCUT2D eigenvalue weighted by molar-refractivity contribution is 7.12. The van der Waals surface area contributed by atoms with E-state index >= 15 is 0 Å². The lowest BCUT2D eigenvalue weighted by Gasteiger charge is -2.06. The summed E-state index contributed by atoms with van der Waals surface area (Å²) < 4.78 is 4.79. The maximum atomic E-state index is 11.8. The smallest absolute Gasteiger partial charge is 0.348 e. The van der Waals surface area contributed by atoms with Crippen LogP contribution in [-0.2, 0) is 4.74 Å². The molecular weight excluding hydrogens is 288 g/mol. The summed E-state index contributed by atoms with van der Waals surface area (Å²) in [6.45, 7) is 0. The third-order valence-electron chi connectivity index (χ3n) is 3.09. The first-order valence-electron chi connectivity index (χ1n) is 6.09. The number of hydrogen-bond donors (Lipinski definition) is 2. The van der Waals surface area contributed by atoms with Gasteiger partial charge >= 0.3 is 5.97 Å². The Morgan fingerprint density at radius 2 is 2.05 bits per heavy atom. The predicted octanol–water partition coefficient (Wildman–Crippen LogP) is 2.31. The third-order valence-corrected chi connectivity index (χ3v) is 3.98. The number of carbonyl (C=O) groups excluding carboxylic acids is 1. The summed E-state index contributed by atoms with van der Waals surface area (Å²) in [6.07, 6.45) is 0. The van der Waals surface area contributed by atoms with E-state index in [0.29, 0.717) is 21.6 Å². The molecule has 0 bridgehead atoms. The number of ether oxygens (including phenoxy) is 1. The standard InChI is InChI=1S/C14H12N4O2S/c1-20-13(19)11-8(4-5-21-11)7-2-3-10-9(6-7)12(15)18-14(16)17-10/h2-6H,1H3,(H4,15,16,17,18). The molecule has 3 rings (SSSR count). The highest BCUT2D eigenvalue weighted by atomic mass is 32.1. The van der Waals surface area contributed by atoms with Crippen LogP contribution in [0.3, 0.4) is 0 Å². The minimum Gasteiger partial charge on any atom is -0.465 e. The molecule has 0 saturated carbocycles. The zero-order valence-electron chi connectivity index (χ0n) is 11.2. The molecule has 0 fully saturated rings. The normalized spacial score (nSPS) is 10.7. The van der Waals surface area contributed by atoms with Crippen molar-refractivity contribution >= 4 is 40.0 Å². The second kappa shape index (κ2) is 5.02. The van der Waals surface area contributed by atoms with Gasteiger partial charge in [0.15, 0.2) is 0 Å². The fourth-order valence-corrected chi connectivity index (χ4v) is 2.96. The van der Waals surface area contributed by atoms with Crippen LogP contribution in [0.15, 0.2) is 29.6 Å². The second-order valence-corrected chi connectivity index (χ2v) is 5.27. The van der Waals surface area contributed by atoms with E-state index in [-0.39, 0.29) is 11.9 Å². The molecule has 0 amide bonds. The van der Waals surface area contributed by atoms with Gasteiger partial charge < -0.3 is 16.2 Å². The van der Waals surface area contributed by atoms with Crippen LogP contribution in [0, 0.1) is 0 Å². The Morgan fingerprint density at radius 3 is 2.81 bits per heavy atom. The molecule has 6 nitrogen and oxygen atoms in total. The van der Waals surface area contributed by atoms with E-state index < -0.39 is 0 Å². The Balaban J connectivity index is 2.18. The van der Waals surface area contributed by atoms with Gasteiger partial charge in [-0.25, -0.2) is 9.78 Å². The lowest BCUT2D eigenvalue weighted by molar-refractivity contribution is 0.0607. The molecule has 0 unspecified atom stereocenters. The van der Waals surface area contributed by atoms with Crippen molar-refractivity contribution in [1.82, 2.24) is 9.97 Å². The molecule has 1 aromatic carbocycles. The van der Waals surface area contributed by atoms with Crippen LogP contribution in [0.5, 0.6) is 0 Å². The van der Waals surface area contributed by atoms with Crippen LogP contribution in [0.1, 0.15) is 9.67 Å². The van der Waals surface area contributed by atoms with Crippen LogP contribution in [0.2, 0.25) is 0 Å². The summed E-state index contributed by atoms with van der Waals surface area (Å²) in [5.41, 5.74) is 13.8. The van der Waals surface area contributed by atoms with E-state index in [1.165, 1.54) is 18.4 Å². The van der Waals surface area contributed by atoms with Gasteiger partial charge in [0.05, 0.1) is 12.6 Å². The Hall–Kier alpha value is -2.67. The Morgan fingerprint density at radius 1 is 1.24 bits per heavy atom. The number of carbonyl (C=O) groups is 1. The van der Waals surface area contributed by atoms with Gasteiger partial charge in [0.1, 0.15) is 10.7 Å². The van der Waals surface area contributed by atoms with Crippen LogP contribution in [0.25, 0.3) is 22.0 Å². The zero-order chi connectivity index (χ0) is 15.0. The quantitative estimate of drug-likeness (QED) is 0.704. The Kier molecular flexibility index (Phi) is 3.19. The van der Waals surface area contributed by atoms with Crippen molar-refractivity contribution in [2.45, 2.75) is 0 Å². The summed E-state index contributed by atoms with van der Waals surface area (Å²) in [5, 5.41) is 2.54. The molecule has 0 atom stereocenters. The van der Waals surface area contributed by atoms with Crippen LogP contribution in [-0.4, -0.2) is 23.0 Å². The molecule has 0 aliphatic rings. The van der Waals surface area contributed by atoms with Crippen molar-refractivity contribution in [1.29, 1.82) is 0 Å². The minimum atomic E-state index is -0.360. The van der Waals surface area contributed by atoms with Crippen molar-refractivity contribution < 1.29 is 9.53 Å². The van der Waals surface area contributed by atoms with Gasteiger partial charge in [-0.1, -0.05) is 6.07 Å². The number of benzene rings is 1. The van der Waals surface area contributed by atoms with Gasteiger partial charge in [0.2, 0.25) is 5.95 Å². The number of methoxy groups -OCH3 is 1. The monoisotopic (exact) mass is 300 g/mol. The largest absolute Gasteiger partial charge is 0.465 e. The maximum absolute atomic E-state index is 11.8. The van der Waals surface area contributed by atoms with Crippen molar-refractivity contribution in [3.8, 4) is 11.1 Å². The highest BCUT2D eigenvalue weighted by Gasteiger charge is 2.15. The summed E-state index contributed by atoms with van der Waals surface area (Å²) >= 11 is 1.33. The van der Waals surface area contributed by atoms with Gasteiger partial charge in [-0.15, -0.1) is 11.3 Å². The number of rotatable bonds is 2. The molecule has 21 heavy (non-hydrogen) atoms. The predicted molar refractivity (Wildman–Crippen MR) is 83.0 cm³/mol. The van der Waals surface area contributed by atoms with Gasteiger partial charge in [0.25, 0.3) is 0 Å². The van der Waals surface area contributed by atoms with Crippen molar-refractivity contribution in [3.63, 3.8) is 0 Å². The van der Waals surface area contributed by atoms with Gasteiger partial charge in [-0.2, -0.15) is 4.98 Å². The topological polar surface area (TPSA) is 104 Å². The Labute approximate surface area is 124 Å². The number of anilines is 2. The molecule has 3 aromatic rings. The highest BCUT2D eigenvalue weighted by Crippen LogP contribution is 2.32. The number of hydrogen-bond acceptors (Lipinski definition) is 7. The first kappa shape index (κ1) is 13.3. The van der Waals surface area contributed by atoms with Crippen LogP contribution < -0.4 is 11.5 Å². The average molecular weight is 300 g/mol. The molecule has 2 aromatic heterocycles. The van der Waals surface area contributed by atoms with Gasteiger partial charge in [0, 0.05) is 10.9 Å². The number of nitrogens with zero attached hydrogens (tertiary/aromatic N) is 2. The van der Waals surface area contributed by atoms with Gasteiger partial charge in [-0.3, -0.25) is 0 Å². The lowest BCUT2D eigenvalue weighted by Crippen LogP contribution is -2.01. The first-order valence-corrected chi connectivity index (χ1v) is 6.97. The summed E-state index contributed by atoms with van der Waals surface area (Å²) in [7, 11) is 1.36. The molecule has 4 N–H and O–H groups in total. The van der Waals surface area contributed by atoms with Crippen LogP contribution >= 0.6 is 11.3 Å². The average Bonchev–Trinajstić information content (AvgIpc) is 2.95. The third kappa shape index (κ3) is 2.27. The second-order valence-electron chi connectivity index (χ2n) is 4.35. The molecule has 0 aliphatic carbocycles. The molecule has 106 valence electrons. The summed E-state index contributed by atoms with van der Waals surface area (Å²) in [5.74, 6) is 0.0920. The molecule has 0 spiro atoms. The number of thiophene rings is 1. The number of fused-ring (bicyclic) bond motifs is 1. The van der Waals surface area contributed by atoms with Crippen molar-refractivity contribution in [3.05, 3.63) is 34.5 Å². The zero-order valence-corrected chi connectivity index (χ0v) is 12.0. The molecule has 0 radical (unpaired) electrons. The fraction of sp³-hybridized carbons (Fsp3) is 0.0714. The Bertz CT molecular complexity index is 844. The lowest BCUT2D eigenvalue weighted by atomic mass is 10.0. The van der Waals surface area contributed by atoms with Crippen LogP contribution in [0.4, 0.5) is 11.8 Å². The van der Waals surface area contributed by atoms with E-state index in [1.807, 2.05) is 23.6 Å². The molecule has 0 saturated heterocycles. The number of nitrogens with two attached hydrogens (primary N) is 2. The summed E-state index contributed by atoms with van der Waals surface area (Å²) in [6, 6.07) is 7.38. The number of nitrogen functional groups attached to an aromatic ring is 2. The molecule has 0 aliphatic heterocycles. The van der Waals surface area contributed by atoms with E-state index in [1.54, 1.807) is 6.07 Å². The van der Waals surface area contributed by atoms with Crippen molar-refractivity contribution in [2.75, 3.05) is 18.6 Å². The van der Waals surface area contributed by atoms with E-state index in [0.717, 1.165) is 11.1 Å². The van der Waals surface area contributed by atoms with Gasteiger partial charge in [-0.05, 0) is 29.1 Å². The minimum absolute atomic E-state index is 0.138. The van der Waals surface area contributed by atoms with E-state index in [9.17, 15) is 4.79 Å². The number of aromatic nitrogens is 2. The van der Waals surface area contributed by atoms with E-state index in [4.69, 9.17) is 16.2 Å². The van der Waals surface area contributed by atoms with Crippen molar-refractivity contribution in [2.24, 2.45) is 0 Å². The molecular formula is C14H12N4O2S. The van der Waals surface area contributed by atoms with E-state index in [2.05, 4.69) is 9.97 Å². The number of esters is 1. The first-order chi connectivity index (χ1) is 10.1. The summed E-state index contributed by atoms with van der Waals surface area (Å²) in [4.78, 5) is 20.4. The maximum Gasteiger partial charge on any atom is 0.348 e. The molecule has 2 heterocycles. The fourth-order valence-electron chi connectivity index (χ4n) is 2.13. The SMILES string of the molecule is COC(=O)c1sccc1-c1ccc2nc(N)nc(N)c2c1.